The molecule has 0 aromatic carbocycles. The van der Waals surface area contributed by atoms with E-state index in [9.17, 15) is 0 Å². The number of anilines is 1. The van der Waals surface area contributed by atoms with Crippen molar-refractivity contribution in [2.75, 3.05) is 18.5 Å². The van der Waals surface area contributed by atoms with E-state index in [0.717, 1.165) is 5.69 Å². The minimum atomic E-state index is 0.241. The Labute approximate surface area is 101 Å². The fraction of sp³-hybridized carbons (Fsp3) is 0.455. The van der Waals surface area contributed by atoms with Crippen LogP contribution in [0.5, 0.6) is 0 Å². The van der Waals surface area contributed by atoms with Gasteiger partial charge in [0.1, 0.15) is 10.7 Å². The molecule has 3 N–H and O–H groups in total. The summed E-state index contributed by atoms with van der Waals surface area (Å²) in [6.07, 6.45) is 1.91. The number of nitrogens with zero attached hydrogens (tertiary/aromatic N) is 1. The predicted molar refractivity (Wildman–Crippen MR) is 69.7 cm³/mol. The second-order valence-corrected chi connectivity index (χ2v) is 4.05. The topological polar surface area (TPSA) is 60.2 Å². The van der Waals surface area contributed by atoms with Gasteiger partial charge < -0.3 is 15.8 Å². The zero-order valence-corrected chi connectivity index (χ0v) is 10.4. The Morgan fingerprint density at radius 1 is 1.62 bits per heavy atom. The van der Waals surface area contributed by atoms with Gasteiger partial charge in [-0.3, -0.25) is 4.98 Å². The first-order chi connectivity index (χ1) is 7.61. The van der Waals surface area contributed by atoms with Gasteiger partial charge in [0.25, 0.3) is 0 Å². The van der Waals surface area contributed by atoms with Gasteiger partial charge in [-0.1, -0.05) is 12.2 Å². The van der Waals surface area contributed by atoms with Gasteiger partial charge in [0.2, 0.25) is 0 Å². The molecule has 1 aromatic rings. The van der Waals surface area contributed by atoms with E-state index in [1.54, 1.807) is 6.20 Å². The van der Waals surface area contributed by atoms with Crippen LogP contribution in [-0.4, -0.2) is 29.2 Å². The highest BCUT2D eigenvalue weighted by molar-refractivity contribution is 7.80. The van der Waals surface area contributed by atoms with Crippen molar-refractivity contribution in [3.8, 4) is 0 Å². The van der Waals surface area contributed by atoms with Gasteiger partial charge in [0, 0.05) is 12.7 Å². The molecule has 4 nitrogen and oxygen atoms in total. The van der Waals surface area contributed by atoms with E-state index in [2.05, 4.69) is 10.3 Å². The van der Waals surface area contributed by atoms with Crippen molar-refractivity contribution >= 4 is 22.9 Å². The Morgan fingerprint density at radius 3 is 3.00 bits per heavy atom. The molecule has 0 aliphatic rings. The van der Waals surface area contributed by atoms with Crippen LogP contribution in [0.1, 0.15) is 19.5 Å². The lowest BCUT2D eigenvalue weighted by atomic mass is 10.3. The zero-order chi connectivity index (χ0) is 12.0. The molecule has 1 aromatic heterocycles. The lowest BCUT2D eigenvalue weighted by Gasteiger charge is -2.11. The Balaban J connectivity index is 2.50. The van der Waals surface area contributed by atoms with Gasteiger partial charge in [-0.05, 0) is 26.0 Å². The Morgan fingerprint density at radius 2 is 2.38 bits per heavy atom. The minimum absolute atomic E-state index is 0.241. The molecular weight excluding hydrogens is 222 g/mol. The third kappa shape index (κ3) is 4.12. The van der Waals surface area contributed by atoms with Crippen molar-refractivity contribution in [2.45, 2.75) is 20.0 Å². The van der Waals surface area contributed by atoms with Crippen LogP contribution in [0.3, 0.4) is 0 Å². The monoisotopic (exact) mass is 239 g/mol. The van der Waals surface area contributed by atoms with Crippen LogP contribution in [0.2, 0.25) is 0 Å². The van der Waals surface area contributed by atoms with Crippen LogP contribution in [-0.2, 0) is 4.74 Å². The molecule has 5 heteroatoms. The normalized spacial score (nSPS) is 10.4. The van der Waals surface area contributed by atoms with Crippen molar-refractivity contribution in [1.82, 2.24) is 4.98 Å². The zero-order valence-electron chi connectivity index (χ0n) is 9.56. The number of nitrogens with one attached hydrogen (secondary N) is 1. The second kappa shape index (κ2) is 6.40. The first kappa shape index (κ1) is 12.9. The van der Waals surface area contributed by atoms with Crippen molar-refractivity contribution < 1.29 is 4.74 Å². The summed E-state index contributed by atoms with van der Waals surface area (Å²) in [6, 6.07) is 3.74. The van der Waals surface area contributed by atoms with Crippen LogP contribution >= 0.6 is 12.2 Å². The third-order valence-corrected chi connectivity index (χ3v) is 2.10. The summed E-state index contributed by atoms with van der Waals surface area (Å²) in [5.74, 6) is 0. The molecule has 88 valence electrons. The Hall–Kier alpha value is -1.20. The number of nitrogens with two attached hydrogens (primary N) is 1. The first-order valence-electron chi connectivity index (χ1n) is 5.21. The molecule has 0 fully saturated rings. The SMILES string of the molecule is CC(C)OCCNc1cccnc1C(N)=S. The summed E-state index contributed by atoms with van der Waals surface area (Å²) in [7, 11) is 0. The van der Waals surface area contributed by atoms with Crippen molar-refractivity contribution in [3.63, 3.8) is 0 Å². The van der Waals surface area contributed by atoms with E-state index in [1.807, 2.05) is 26.0 Å². The number of hydrogen-bond acceptors (Lipinski definition) is 4. The van der Waals surface area contributed by atoms with Crippen LogP contribution in [0.25, 0.3) is 0 Å². The maximum absolute atomic E-state index is 5.56. The highest BCUT2D eigenvalue weighted by Gasteiger charge is 2.04. The summed E-state index contributed by atoms with van der Waals surface area (Å²) in [5, 5.41) is 3.19. The maximum atomic E-state index is 5.56. The summed E-state index contributed by atoms with van der Waals surface area (Å²) in [6.45, 7) is 5.36. The van der Waals surface area contributed by atoms with E-state index in [-0.39, 0.29) is 6.10 Å². The molecule has 0 aliphatic heterocycles. The third-order valence-electron chi connectivity index (χ3n) is 1.91. The summed E-state index contributed by atoms with van der Waals surface area (Å²) in [5.41, 5.74) is 7.04. The van der Waals surface area contributed by atoms with Gasteiger partial charge in [0.15, 0.2) is 0 Å². The van der Waals surface area contributed by atoms with E-state index in [1.165, 1.54) is 0 Å². The number of pyridine rings is 1. The van der Waals surface area contributed by atoms with Crippen molar-refractivity contribution in [3.05, 3.63) is 24.0 Å². The maximum Gasteiger partial charge on any atom is 0.124 e. The van der Waals surface area contributed by atoms with Gasteiger partial charge in [-0.25, -0.2) is 0 Å². The number of thiocarbonyl (C=S) groups is 1. The van der Waals surface area contributed by atoms with E-state index in [4.69, 9.17) is 22.7 Å². The number of hydrogen-bond donors (Lipinski definition) is 2. The lowest BCUT2D eigenvalue weighted by Crippen LogP contribution is -2.18. The number of aromatic nitrogens is 1. The second-order valence-electron chi connectivity index (χ2n) is 3.61. The van der Waals surface area contributed by atoms with Gasteiger partial charge in [-0.2, -0.15) is 0 Å². The molecule has 0 radical (unpaired) electrons. The first-order valence-corrected chi connectivity index (χ1v) is 5.62. The average molecular weight is 239 g/mol. The van der Waals surface area contributed by atoms with Gasteiger partial charge >= 0.3 is 0 Å². The molecule has 1 heterocycles. The molecule has 0 aliphatic carbocycles. The van der Waals surface area contributed by atoms with Gasteiger partial charge in [0.05, 0.1) is 18.4 Å². The molecule has 16 heavy (non-hydrogen) atoms. The standard InChI is InChI=1S/C11H17N3OS/c1-8(2)15-7-6-13-9-4-3-5-14-10(9)11(12)16/h3-5,8,13H,6-7H2,1-2H3,(H2,12,16). The van der Waals surface area contributed by atoms with E-state index >= 15 is 0 Å². The Bertz CT molecular complexity index is 355. The van der Waals surface area contributed by atoms with Crippen molar-refractivity contribution in [1.29, 1.82) is 0 Å². The summed E-state index contributed by atoms with van der Waals surface area (Å²) >= 11 is 4.91. The molecule has 0 saturated heterocycles. The summed E-state index contributed by atoms with van der Waals surface area (Å²) in [4.78, 5) is 4.42. The average Bonchev–Trinajstić information content (AvgIpc) is 2.24. The highest BCUT2D eigenvalue weighted by atomic mass is 32.1. The molecule has 0 spiro atoms. The van der Waals surface area contributed by atoms with E-state index < -0.39 is 0 Å². The molecule has 0 unspecified atom stereocenters. The highest BCUT2D eigenvalue weighted by Crippen LogP contribution is 2.11. The molecular formula is C11H17N3OS. The molecule has 0 atom stereocenters. The lowest BCUT2D eigenvalue weighted by molar-refractivity contribution is 0.0870. The molecule has 0 bridgehead atoms. The molecule has 0 amide bonds. The molecule has 0 saturated carbocycles. The van der Waals surface area contributed by atoms with Crippen LogP contribution in [0.15, 0.2) is 18.3 Å². The molecule has 1 rings (SSSR count). The van der Waals surface area contributed by atoms with Crippen LogP contribution in [0.4, 0.5) is 5.69 Å². The quantitative estimate of drug-likeness (QED) is 0.582. The minimum Gasteiger partial charge on any atom is -0.388 e. The largest absolute Gasteiger partial charge is 0.388 e. The predicted octanol–water partition coefficient (Wildman–Crippen LogP) is 1.55. The smallest absolute Gasteiger partial charge is 0.124 e. The fourth-order valence-electron chi connectivity index (χ4n) is 1.22. The van der Waals surface area contributed by atoms with Gasteiger partial charge in [-0.15, -0.1) is 0 Å². The number of ether oxygens (including phenoxy) is 1. The van der Waals surface area contributed by atoms with Crippen LogP contribution < -0.4 is 11.1 Å². The number of rotatable bonds is 6. The fourth-order valence-corrected chi connectivity index (χ4v) is 1.39. The van der Waals surface area contributed by atoms with Crippen molar-refractivity contribution in [2.24, 2.45) is 5.73 Å². The summed E-state index contributed by atoms with van der Waals surface area (Å²) < 4.78 is 5.42. The van der Waals surface area contributed by atoms with Crippen LogP contribution in [0, 0.1) is 0 Å². The van der Waals surface area contributed by atoms with E-state index in [0.29, 0.717) is 23.8 Å². The Kier molecular flexibility index (Phi) is 5.14.